The van der Waals surface area contributed by atoms with Crippen LogP contribution in [-0.2, 0) is 0 Å². The van der Waals surface area contributed by atoms with E-state index in [-0.39, 0.29) is 0 Å². The summed E-state index contributed by atoms with van der Waals surface area (Å²) in [5.41, 5.74) is 2.05. The number of hydrogen-bond donors (Lipinski definition) is 0. The topological polar surface area (TPSA) is 17.8 Å². The summed E-state index contributed by atoms with van der Waals surface area (Å²) in [6.07, 6.45) is 0. The van der Waals surface area contributed by atoms with Crippen molar-refractivity contribution < 1.29 is 0 Å². The molecule has 0 N–H and O–H groups in total. The minimum atomic E-state index is 0.761. The van der Waals surface area contributed by atoms with Crippen molar-refractivity contribution in [2.45, 2.75) is 0 Å². The van der Waals surface area contributed by atoms with E-state index in [1.54, 1.807) is 0 Å². The molecular formula is C18H12N2S. The van der Waals surface area contributed by atoms with E-state index < -0.39 is 0 Å². The van der Waals surface area contributed by atoms with Crippen LogP contribution in [0.25, 0.3) is 27.6 Å². The Balaban J connectivity index is 2.08. The number of aromatic nitrogens is 2. The third-order valence-electron chi connectivity index (χ3n) is 3.62. The first-order chi connectivity index (χ1) is 10.3. The minimum Gasteiger partial charge on any atom is -0.285 e. The molecule has 0 atom stereocenters. The van der Waals surface area contributed by atoms with Crippen LogP contribution in [0.1, 0.15) is 0 Å². The summed E-state index contributed by atoms with van der Waals surface area (Å²) in [5, 5.41) is 2.29. The van der Waals surface area contributed by atoms with Gasteiger partial charge in [0.15, 0.2) is 0 Å². The van der Waals surface area contributed by atoms with Crippen molar-refractivity contribution in [2.75, 3.05) is 0 Å². The average molecular weight is 288 g/mol. The van der Waals surface area contributed by atoms with Crippen molar-refractivity contribution in [3.8, 4) is 5.82 Å². The van der Waals surface area contributed by atoms with Gasteiger partial charge in [-0.05, 0) is 41.8 Å². The number of rotatable bonds is 1. The van der Waals surface area contributed by atoms with Crippen LogP contribution in [0.2, 0.25) is 0 Å². The lowest BCUT2D eigenvalue weighted by Gasteiger charge is -2.11. The molecule has 2 heterocycles. The van der Waals surface area contributed by atoms with Crippen molar-refractivity contribution in [3.05, 3.63) is 77.4 Å². The summed E-state index contributed by atoms with van der Waals surface area (Å²) in [4.78, 5) is 4.75. The zero-order valence-corrected chi connectivity index (χ0v) is 12.0. The number of pyridine rings is 2. The highest BCUT2D eigenvalue weighted by atomic mass is 32.1. The molecule has 0 amide bonds. The van der Waals surface area contributed by atoms with Crippen LogP contribution in [0.5, 0.6) is 0 Å². The van der Waals surface area contributed by atoms with E-state index in [9.17, 15) is 0 Å². The van der Waals surface area contributed by atoms with Crippen molar-refractivity contribution in [3.63, 3.8) is 0 Å². The van der Waals surface area contributed by atoms with Crippen LogP contribution in [0.3, 0.4) is 0 Å². The molecule has 0 aliphatic heterocycles. The second-order valence-corrected chi connectivity index (χ2v) is 5.35. The Bertz CT molecular complexity index is 1020. The first kappa shape index (κ1) is 12.2. The molecule has 3 heteroatoms. The SMILES string of the molecule is S=c1ccc2ccccc2n1-c1ccc2ccccc2n1. The summed E-state index contributed by atoms with van der Waals surface area (Å²) in [6.45, 7) is 0. The van der Waals surface area contributed by atoms with Gasteiger partial charge in [-0.3, -0.25) is 4.57 Å². The van der Waals surface area contributed by atoms with E-state index in [1.165, 1.54) is 0 Å². The van der Waals surface area contributed by atoms with E-state index in [1.807, 2.05) is 47.0 Å². The summed E-state index contributed by atoms with van der Waals surface area (Å²) in [5.74, 6) is 0.857. The van der Waals surface area contributed by atoms with Crippen LogP contribution in [0, 0.1) is 4.64 Å². The fourth-order valence-corrected chi connectivity index (χ4v) is 2.86. The zero-order chi connectivity index (χ0) is 14.2. The Morgan fingerprint density at radius 3 is 2.33 bits per heavy atom. The lowest BCUT2D eigenvalue weighted by molar-refractivity contribution is 1.03. The molecule has 2 aromatic carbocycles. The lowest BCUT2D eigenvalue weighted by Crippen LogP contribution is -2.01. The molecule has 0 radical (unpaired) electrons. The van der Waals surface area contributed by atoms with Crippen LogP contribution in [0.4, 0.5) is 0 Å². The maximum Gasteiger partial charge on any atom is 0.138 e. The lowest BCUT2D eigenvalue weighted by atomic mass is 10.2. The summed E-state index contributed by atoms with van der Waals surface area (Å²) >= 11 is 5.51. The molecule has 0 aliphatic carbocycles. The van der Waals surface area contributed by atoms with Crippen LogP contribution < -0.4 is 0 Å². The van der Waals surface area contributed by atoms with E-state index in [0.717, 1.165) is 32.3 Å². The molecule has 4 aromatic rings. The second kappa shape index (κ2) is 4.79. The van der Waals surface area contributed by atoms with Gasteiger partial charge in [0.2, 0.25) is 0 Å². The molecule has 0 unspecified atom stereocenters. The molecule has 4 rings (SSSR count). The van der Waals surface area contributed by atoms with Gasteiger partial charge in [-0.15, -0.1) is 0 Å². The monoisotopic (exact) mass is 288 g/mol. The molecule has 0 saturated heterocycles. The van der Waals surface area contributed by atoms with Gasteiger partial charge in [-0.25, -0.2) is 4.98 Å². The number of benzene rings is 2. The highest BCUT2D eigenvalue weighted by Gasteiger charge is 2.05. The Kier molecular flexibility index (Phi) is 2.79. The van der Waals surface area contributed by atoms with Crippen LogP contribution >= 0.6 is 12.2 Å². The minimum absolute atomic E-state index is 0.761. The molecule has 0 bridgehead atoms. The normalized spacial score (nSPS) is 11.0. The number of hydrogen-bond acceptors (Lipinski definition) is 2. The van der Waals surface area contributed by atoms with E-state index in [2.05, 4.69) is 30.3 Å². The third-order valence-corrected chi connectivity index (χ3v) is 3.93. The number of fused-ring (bicyclic) bond motifs is 2. The Morgan fingerprint density at radius 2 is 1.43 bits per heavy atom. The fourth-order valence-electron chi connectivity index (χ4n) is 2.60. The van der Waals surface area contributed by atoms with E-state index in [4.69, 9.17) is 17.2 Å². The van der Waals surface area contributed by atoms with Gasteiger partial charge in [0.1, 0.15) is 10.5 Å². The van der Waals surface area contributed by atoms with E-state index >= 15 is 0 Å². The molecule has 0 spiro atoms. The predicted octanol–water partition coefficient (Wildman–Crippen LogP) is 4.91. The predicted molar refractivity (Wildman–Crippen MR) is 89.4 cm³/mol. The van der Waals surface area contributed by atoms with Crippen molar-refractivity contribution >= 4 is 34.0 Å². The van der Waals surface area contributed by atoms with Crippen LogP contribution in [0.15, 0.2) is 72.8 Å². The number of para-hydroxylation sites is 2. The quantitative estimate of drug-likeness (QED) is 0.463. The van der Waals surface area contributed by atoms with Gasteiger partial charge in [-0.1, -0.05) is 48.6 Å². The summed E-state index contributed by atoms with van der Waals surface area (Å²) in [7, 11) is 0. The first-order valence-corrected chi connectivity index (χ1v) is 7.21. The van der Waals surface area contributed by atoms with Gasteiger partial charge in [-0.2, -0.15) is 0 Å². The average Bonchev–Trinajstić information content (AvgIpc) is 2.54. The second-order valence-electron chi connectivity index (χ2n) is 4.93. The molecule has 2 aromatic heterocycles. The van der Waals surface area contributed by atoms with Gasteiger partial charge < -0.3 is 0 Å². The smallest absolute Gasteiger partial charge is 0.138 e. The molecule has 100 valence electrons. The highest BCUT2D eigenvalue weighted by molar-refractivity contribution is 7.71. The van der Waals surface area contributed by atoms with Gasteiger partial charge in [0.25, 0.3) is 0 Å². The Labute approximate surface area is 127 Å². The largest absolute Gasteiger partial charge is 0.285 e. The molecule has 0 saturated carbocycles. The van der Waals surface area contributed by atoms with Crippen molar-refractivity contribution in [1.82, 2.24) is 9.55 Å². The molecule has 21 heavy (non-hydrogen) atoms. The Hall–Kier alpha value is -2.52. The highest BCUT2D eigenvalue weighted by Crippen LogP contribution is 2.20. The van der Waals surface area contributed by atoms with Gasteiger partial charge >= 0.3 is 0 Å². The van der Waals surface area contributed by atoms with Gasteiger partial charge in [0, 0.05) is 5.39 Å². The van der Waals surface area contributed by atoms with Gasteiger partial charge in [0.05, 0.1) is 11.0 Å². The Morgan fingerprint density at radius 1 is 0.714 bits per heavy atom. The number of nitrogens with zero attached hydrogens (tertiary/aromatic N) is 2. The van der Waals surface area contributed by atoms with Crippen molar-refractivity contribution in [2.24, 2.45) is 0 Å². The van der Waals surface area contributed by atoms with E-state index in [0.29, 0.717) is 0 Å². The third kappa shape index (κ3) is 2.03. The maximum absolute atomic E-state index is 5.51. The standard InChI is InChI=1S/C18H12N2S/c21-18-12-10-14-6-2-4-8-16(14)20(18)17-11-9-13-5-1-3-7-15(13)19-17/h1-12H. The zero-order valence-electron chi connectivity index (χ0n) is 11.2. The summed E-state index contributed by atoms with van der Waals surface area (Å²) < 4.78 is 2.79. The van der Waals surface area contributed by atoms with Crippen LogP contribution in [-0.4, -0.2) is 9.55 Å². The molecule has 0 aliphatic rings. The maximum atomic E-state index is 5.51. The first-order valence-electron chi connectivity index (χ1n) is 6.80. The molecular weight excluding hydrogens is 276 g/mol. The van der Waals surface area contributed by atoms with Crippen molar-refractivity contribution in [1.29, 1.82) is 0 Å². The summed E-state index contributed by atoms with van der Waals surface area (Å²) in [6, 6.07) is 24.4. The molecule has 0 fully saturated rings. The fraction of sp³-hybridized carbons (Fsp3) is 0. The molecule has 2 nitrogen and oxygen atoms in total.